The molecule has 2 heterocycles. The van der Waals surface area contributed by atoms with Crippen molar-refractivity contribution in [2.75, 3.05) is 32.8 Å². The van der Waals surface area contributed by atoms with Crippen LogP contribution >= 0.6 is 12.4 Å². The van der Waals surface area contributed by atoms with E-state index < -0.39 is 10.0 Å². The van der Waals surface area contributed by atoms with Crippen molar-refractivity contribution in [1.29, 1.82) is 0 Å². The summed E-state index contributed by atoms with van der Waals surface area (Å²) < 4.78 is 32.5. The summed E-state index contributed by atoms with van der Waals surface area (Å²) in [6, 6.07) is 6.70. The molecule has 0 aliphatic carbocycles. The Balaban J connectivity index is 0.00000280. The number of halogens is 1. The van der Waals surface area contributed by atoms with Gasteiger partial charge < -0.3 is 15.4 Å². The fourth-order valence-electron chi connectivity index (χ4n) is 3.68. The van der Waals surface area contributed by atoms with Gasteiger partial charge in [-0.25, -0.2) is 8.42 Å². The van der Waals surface area contributed by atoms with Gasteiger partial charge in [0.2, 0.25) is 15.9 Å². The molecule has 158 valence electrons. The molecule has 0 aromatic heterocycles. The van der Waals surface area contributed by atoms with Gasteiger partial charge in [-0.2, -0.15) is 4.31 Å². The highest BCUT2D eigenvalue weighted by Gasteiger charge is 2.32. The van der Waals surface area contributed by atoms with Crippen LogP contribution in [0, 0.1) is 5.92 Å². The van der Waals surface area contributed by atoms with Crippen LogP contribution in [0.5, 0.6) is 5.75 Å². The van der Waals surface area contributed by atoms with Gasteiger partial charge in [0.15, 0.2) is 0 Å². The average Bonchev–Trinajstić information content (AvgIpc) is 2.69. The second-order valence-electron chi connectivity index (χ2n) is 7.13. The summed E-state index contributed by atoms with van der Waals surface area (Å²) in [6.07, 6.45) is 3.19. The molecule has 2 aliphatic heterocycles. The van der Waals surface area contributed by atoms with E-state index in [1.165, 1.54) is 4.31 Å². The highest BCUT2D eigenvalue weighted by Crippen LogP contribution is 2.25. The molecule has 0 saturated carbocycles. The van der Waals surface area contributed by atoms with Gasteiger partial charge in [-0.05, 0) is 63.4 Å². The summed E-state index contributed by atoms with van der Waals surface area (Å²) in [5, 5.41) is 6.40. The molecule has 1 amide bonds. The maximum Gasteiger partial charge on any atom is 0.243 e. The standard InChI is InChI=1S/C19H29N3O4S.ClH/c1-2-26-17-5-7-18(8-6-17)27(24,25)22-12-9-15(10-13-22)19(23)21-16-4-3-11-20-14-16;/h5-8,15-16,20H,2-4,9-14H2,1H3,(H,21,23);1H. The second-order valence-corrected chi connectivity index (χ2v) is 9.07. The van der Waals surface area contributed by atoms with Crippen molar-refractivity contribution >= 4 is 28.3 Å². The number of piperidine rings is 2. The van der Waals surface area contributed by atoms with E-state index in [-0.39, 0.29) is 35.2 Å². The Morgan fingerprint density at radius 3 is 2.46 bits per heavy atom. The molecule has 1 aromatic carbocycles. The summed E-state index contributed by atoms with van der Waals surface area (Å²) in [5.41, 5.74) is 0. The molecule has 2 aliphatic rings. The molecule has 1 aromatic rings. The van der Waals surface area contributed by atoms with E-state index in [9.17, 15) is 13.2 Å². The third-order valence-electron chi connectivity index (χ3n) is 5.24. The molecule has 2 saturated heterocycles. The Kier molecular flexibility index (Phi) is 8.55. The smallest absolute Gasteiger partial charge is 0.243 e. The number of carbonyl (C=O) groups is 1. The van der Waals surface area contributed by atoms with Gasteiger partial charge in [0.1, 0.15) is 5.75 Å². The Hall–Kier alpha value is -1.35. The van der Waals surface area contributed by atoms with Crippen molar-refractivity contribution in [1.82, 2.24) is 14.9 Å². The van der Waals surface area contributed by atoms with Gasteiger partial charge in [-0.1, -0.05) is 0 Å². The maximum absolute atomic E-state index is 12.8. The van der Waals surface area contributed by atoms with E-state index in [0.29, 0.717) is 38.3 Å². The summed E-state index contributed by atoms with van der Waals surface area (Å²) >= 11 is 0. The van der Waals surface area contributed by atoms with Crippen LogP contribution in [0.4, 0.5) is 0 Å². The van der Waals surface area contributed by atoms with Crippen molar-refractivity contribution in [2.45, 2.75) is 43.5 Å². The van der Waals surface area contributed by atoms with Crippen LogP contribution in [0.3, 0.4) is 0 Å². The van der Waals surface area contributed by atoms with E-state index >= 15 is 0 Å². The molecular formula is C19H30ClN3O4S. The molecule has 1 atom stereocenters. The molecule has 0 bridgehead atoms. The number of hydrogen-bond acceptors (Lipinski definition) is 5. The molecule has 0 spiro atoms. The SMILES string of the molecule is CCOc1ccc(S(=O)(=O)N2CCC(C(=O)NC3CCCNC3)CC2)cc1.Cl. The van der Waals surface area contributed by atoms with E-state index in [2.05, 4.69) is 10.6 Å². The normalized spacial score (nSPS) is 21.5. The zero-order valence-electron chi connectivity index (χ0n) is 16.2. The lowest BCUT2D eigenvalue weighted by molar-refractivity contribution is -0.126. The lowest BCUT2D eigenvalue weighted by atomic mass is 9.96. The number of ether oxygens (including phenoxy) is 1. The van der Waals surface area contributed by atoms with Crippen LogP contribution in [0.1, 0.15) is 32.6 Å². The Morgan fingerprint density at radius 2 is 1.89 bits per heavy atom. The Morgan fingerprint density at radius 1 is 1.21 bits per heavy atom. The molecule has 2 fully saturated rings. The van der Waals surface area contributed by atoms with Crippen molar-refractivity contribution in [3.05, 3.63) is 24.3 Å². The van der Waals surface area contributed by atoms with Crippen LogP contribution < -0.4 is 15.4 Å². The first kappa shape index (κ1) is 22.9. The maximum atomic E-state index is 12.8. The molecular weight excluding hydrogens is 402 g/mol. The van der Waals surface area contributed by atoms with Gasteiger partial charge in [0, 0.05) is 31.6 Å². The van der Waals surface area contributed by atoms with Gasteiger partial charge in [0.25, 0.3) is 0 Å². The fraction of sp³-hybridized carbons (Fsp3) is 0.632. The minimum atomic E-state index is -3.53. The van der Waals surface area contributed by atoms with E-state index in [1.54, 1.807) is 24.3 Å². The molecule has 0 radical (unpaired) electrons. The summed E-state index contributed by atoms with van der Waals surface area (Å²) in [4.78, 5) is 12.7. The number of carbonyl (C=O) groups excluding carboxylic acids is 1. The largest absolute Gasteiger partial charge is 0.494 e. The van der Waals surface area contributed by atoms with E-state index in [0.717, 1.165) is 25.9 Å². The highest BCUT2D eigenvalue weighted by molar-refractivity contribution is 7.89. The van der Waals surface area contributed by atoms with Crippen LogP contribution in [-0.2, 0) is 14.8 Å². The number of nitrogens with one attached hydrogen (secondary N) is 2. The first-order chi connectivity index (χ1) is 13.0. The molecule has 3 rings (SSSR count). The number of hydrogen-bond donors (Lipinski definition) is 2. The number of sulfonamides is 1. The molecule has 9 heteroatoms. The zero-order chi connectivity index (χ0) is 19.3. The van der Waals surface area contributed by atoms with Gasteiger partial charge in [0.05, 0.1) is 11.5 Å². The zero-order valence-corrected chi connectivity index (χ0v) is 17.9. The van der Waals surface area contributed by atoms with Crippen molar-refractivity contribution in [3.8, 4) is 5.75 Å². The van der Waals surface area contributed by atoms with E-state index in [4.69, 9.17) is 4.74 Å². The lowest BCUT2D eigenvalue weighted by Crippen LogP contribution is -2.49. The molecule has 1 unspecified atom stereocenters. The topological polar surface area (TPSA) is 87.7 Å². The third-order valence-corrected chi connectivity index (χ3v) is 7.15. The summed E-state index contributed by atoms with van der Waals surface area (Å²) in [7, 11) is -3.53. The van der Waals surface area contributed by atoms with Crippen LogP contribution in [0.25, 0.3) is 0 Å². The van der Waals surface area contributed by atoms with Crippen LogP contribution in [0.15, 0.2) is 29.2 Å². The number of amides is 1. The third kappa shape index (κ3) is 5.59. The van der Waals surface area contributed by atoms with Crippen molar-refractivity contribution in [3.63, 3.8) is 0 Å². The quantitative estimate of drug-likeness (QED) is 0.716. The predicted molar refractivity (Wildman–Crippen MR) is 110 cm³/mol. The first-order valence-corrected chi connectivity index (χ1v) is 11.2. The molecule has 2 N–H and O–H groups in total. The first-order valence-electron chi connectivity index (χ1n) is 9.75. The van der Waals surface area contributed by atoms with Gasteiger partial charge in [-0.15, -0.1) is 12.4 Å². The van der Waals surface area contributed by atoms with Gasteiger partial charge >= 0.3 is 0 Å². The second kappa shape index (κ2) is 10.4. The minimum Gasteiger partial charge on any atom is -0.494 e. The fourth-order valence-corrected chi connectivity index (χ4v) is 5.15. The van der Waals surface area contributed by atoms with Crippen LogP contribution in [-0.4, -0.2) is 57.5 Å². The summed E-state index contributed by atoms with van der Waals surface area (Å²) in [5.74, 6) is 0.601. The Labute approximate surface area is 173 Å². The van der Waals surface area contributed by atoms with Crippen molar-refractivity contribution in [2.24, 2.45) is 5.92 Å². The van der Waals surface area contributed by atoms with E-state index in [1.807, 2.05) is 6.92 Å². The van der Waals surface area contributed by atoms with Gasteiger partial charge in [-0.3, -0.25) is 4.79 Å². The minimum absolute atomic E-state index is 0. The average molecular weight is 432 g/mol. The molecule has 28 heavy (non-hydrogen) atoms. The Bertz CT molecular complexity index is 728. The van der Waals surface area contributed by atoms with Crippen LogP contribution in [0.2, 0.25) is 0 Å². The highest BCUT2D eigenvalue weighted by atomic mass is 35.5. The number of benzene rings is 1. The predicted octanol–water partition coefficient (Wildman–Crippen LogP) is 1.78. The number of nitrogens with zero attached hydrogens (tertiary/aromatic N) is 1. The number of rotatable bonds is 6. The summed E-state index contributed by atoms with van der Waals surface area (Å²) in [6.45, 7) is 4.99. The van der Waals surface area contributed by atoms with Crippen molar-refractivity contribution < 1.29 is 17.9 Å². The lowest BCUT2D eigenvalue weighted by Gasteiger charge is -2.32. The monoisotopic (exact) mass is 431 g/mol. The molecule has 7 nitrogen and oxygen atoms in total.